The van der Waals surface area contributed by atoms with Gasteiger partial charge in [0.15, 0.2) is 5.96 Å². The molecule has 2 fully saturated rings. The standard InChI is InChI=1S/C20H41N5/c1-4-6-14-24(3)17-13-22-20(21-5-2)23-18-11-15-25(16-12-18)19-9-7-8-10-19/h18-19H,4-17H2,1-3H3,(H2,21,22,23). The molecule has 0 radical (unpaired) electrons. The van der Waals surface area contributed by atoms with Crippen LogP contribution in [0.15, 0.2) is 4.99 Å². The third-order valence-electron chi connectivity index (χ3n) is 5.70. The summed E-state index contributed by atoms with van der Waals surface area (Å²) in [5.41, 5.74) is 0. The maximum absolute atomic E-state index is 4.79. The van der Waals surface area contributed by atoms with Crippen LogP contribution < -0.4 is 10.6 Å². The third kappa shape index (κ3) is 7.53. The van der Waals surface area contributed by atoms with Gasteiger partial charge in [0.25, 0.3) is 0 Å². The topological polar surface area (TPSA) is 42.9 Å². The van der Waals surface area contributed by atoms with Crippen molar-refractivity contribution < 1.29 is 0 Å². The fourth-order valence-corrected chi connectivity index (χ4v) is 4.06. The third-order valence-corrected chi connectivity index (χ3v) is 5.70. The molecule has 5 nitrogen and oxygen atoms in total. The van der Waals surface area contributed by atoms with Gasteiger partial charge in [0.2, 0.25) is 0 Å². The zero-order valence-corrected chi connectivity index (χ0v) is 16.9. The van der Waals surface area contributed by atoms with E-state index in [0.29, 0.717) is 6.04 Å². The largest absolute Gasteiger partial charge is 0.357 e. The first kappa shape index (κ1) is 20.5. The SMILES string of the molecule is CCCCN(C)CCN=C(NCC)NC1CCN(C2CCCC2)CC1. The Balaban J connectivity index is 1.70. The summed E-state index contributed by atoms with van der Waals surface area (Å²) < 4.78 is 0. The molecule has 0 bridgehead atoms. The Morgan fingerprint density at radius 1 is 1.08 bits per heavy atom. The van der Waals surface area contributed by atoms with Crippen molar-refractivity contribution in [1.82, 2.24) is 20.4 Å². The molecule has 5 heteroatoms. The Bertz CT molecular complexity index is 370. The number of nitrogens with zero attached hydrogens (tertiary/aromatic N) is 3. The number of unbranched alkanes of at least 4 members (excludes halogenated alkanes) is 1. The Morgan fingerprint density at radius 3 is 2.44 bits per heavy atom. The van der Waals surface area contributed by atoms with E-state index in [4.69, 9.17) is 4.99 Å². The predicted molar refractivity (Wildman–Crippen MR) is 108 cm³/mol. The predicted octanol–water partition coefficient (Wildman–Crippen LogP) is 2.68. The Morgan fingerprint density at radius 2 is 1.80 bits per heavy atom. The lowest BCUT2D eigenvalue weighted by atomic mass is 10.0. The van der Waals surface area contributed by atoms with E-state index in [1.54, 1.807) is 0 Å². The van der Waals surface area contributed by atoms with E-state index in [1.807, 2.05) is 0 Å². The van der Waals surface area contributed by atoms with Gasteiger partial charge in [0, 0.05) is 38.3 Å². The lowest BCUT2D eigenvalue weighted by Crippen LogP contribution is -2.50. The molecule has 2 aliphatic rings. The van der Waals surface area contributed by atoms with Crippen molar-refractivity contribution in [3.05, 3.63) is 0 Å². The molecule has 0 aromatic heterocycles. The highest BCUT2D eigenvalue weighted by Crippen LogP contribution is 2.26. The second-order valence-electron chi connectivity index (χ2n) is 7.81. The number of guanidine groups is 1. The van der Waals surface area contributed by atoms with Crippen LogP contribution in [0.25, 0.3) is 0 Å². The van der Waals surface area contributed by atoms with Crippen molar-refractivity contribution in [3.63, 3.8) is 0 Å². The minimum atomic E-state index is 0.577. The van der Waals surface area contributed by atoms with Crippen LogP contribution >= 0.6 is 0 Å². The molecule has 0 unspecified atom stereocenters. The fourth-order valence-electron chi connectivity index (χ4n) is 4.06. The summed E-state index contributed by atoms with van der Waals surface area (Å²) in [6.07, 6.45) is 10.8. The smallest absolute Gasteiger partial charge is 0.191 e. The first-order valence-corrected chi connectivity index (χ1v) is 10.7. The maximum Gasteiger partial charge on any atom is 0.191 e. The van der Waals surface area contributed by atoms with Crippen LogP contribution in [0.1, 0.15) is 65.2 Å². The van der Waals surface area contributed by atoms with E-state index in [-0.39, 0.29) is 0 Å². The van der Waals surface area contributed by atoms with Crippen LogP contribution in [-0.2, 0) is 0 Å². The zero-order valence-electron chi connectivity index (χ0n) is 16.9. The van der Waals surface area contributed by atoms with Gasteiger partial charge in [0.05, 0.1) is 6.54 Å². The van der Waals surface area contributed by atoms with Crippen molar-refractivity contribution in [3.8, 4) is 0 Å². The number of nitrogens with one attached hydrogen (secondary N) is 2. The number of piperidine rings is 1. The minimum Gasteiger partial charge on any atom is -0.357 e. The second-order valence-corrected chi connectivity index (χ2v) is 7.81. The monoisotopic (exact) mass is 351 g/mol. The minimum absolute atomic E-state index is 0.577. The van der Waals surface area contributed by atoms with Crippen LogP contribution in [0.5, 0.6) is 0 Å². The highest BCUT2D eigenvalue weighted by molar-refractivity contribution is 5.80. The number of likely N-dealkylation sites (tertiary alicyclic amines) is 1. The summed E-state index contributed by atoms with van der Waals surface area (Å²) in [5.74, 6) is 1.01. The van der Waals surface area contributed by atoms with E-state index in [2.05, 4.69) is 41.3 Å². The molecule has 0 aromatic rings. The lowest BCUT2D eigenvalue weighted by molar-refractivity contribution is 0.150. The van der Waals surface area contributed by atoms with Crippen LogP contribution in [0.3, 0.4) is 0 Å². The van der Waals surface area contributed by atoms with Crippen LogP contribution in [0.4, 0.5) is 0 Å². The molecular weight excluding hydrogens is 310 g/mol. The van der Waals surface area contributed by atoms with E-state index in [9.17, 15) is 0 Å². The van der Waals surface area contributed by atoms with E-state index >= 15 is 0 Å². The van der Waals surface area contributed by atoms with Gasteiger partial charge in [0.1, 0.15) is 0 Å². The van der Waals surface area contributed by atoms with Gasteiger partial charge in [-0.25, -0.2) is 0 Å². The quantitative estimate of drug-likeness (QED) is 0.495. The first-order valence-electron chi connectivity index (χ1n) is 10.7. The van der Waals surface area contributed by atoms with Crippen molar-refractivity contribution in [2.75, 3.05) is 46.3 Å². The number of aliphatic imine (C=N–C) groups is 1. The highest BCUT2D eigenvalue weighted by atomic mass is 15.2. The summed E-state index contributed by atoms with van der Waals surface area (Å²) in [5, 5.41) is 7.10. The van der Waals surface area contributed by atoms with Crippen molar-refractivity contribution >= 4 is 5.96 Å². The molecule has 0 atom stereocenters. The van der Waals surface area contributed by atoms with E-state index < -0.39 is 0 Å². The van der Waals surface area contributed by atoms with Crippen molar-refractivity contribution in [2.24, 2.45) is 4.99 Å². The lowest BCUT2D eigenvalue weighted by Gasteiger charge is -2.36. The van der Waals surface area contributed by atoms with Gasteiger partial charge in [-0.2, -0.15) is 0 Å². The molecule has 2 rings (SSSR count). The van der Waals surface area contributed by atoms with Gasteiger partial charge in [-0.1, -0.05) is 26.2 Å². The van der Waals surface area contributed by atoms with Gasteiger partial charge >= 0.3 is 0 Å². The van der Waals surface area contributed by atoms with Gasteiger partial charge in [-0.3, -0.25) is 4.99 Å². The Labute approximate surface area is 155 Å². The van der Waals surface area contributed by atoms with Crippen molar-refractivity contribution in [1.29, 1.82) is 0 Å². The average molecular weight is 352 g/mol. The van der Waals surface area contributed by atoms with Gasteiger partial charge in [-0.05, 0) is 52.6 Å². The number of rotatable bonds is 9. The molecule has 146 valence electrons. The molecular formula is C20H41N5. The summed E-state index contributed by atoms with van der Waals surface area (Å²) in [4.78, 5) is 9.91. The maximum atomic E-state index is 4.79. The molecule has 1 aliphatic carbocycles. The van der Waals surface area contributed by atoms with Crippen LogP contribution in [-0.4, -0.2) is 74.2 Å². The number of hydrogen-bond acceptors (Lipinski definition) is 3. The number of hydrogen-bond donors (Lipinski definition) is 2. The number of likely N-dealkylation sites (N-methyl/N-ethyl adjacent to an activating group) is 1. The summed E-state index contributed by atoms with van der Waals surface area (Å²) in [7, 11) is 2.20. The van der Waals surface area contributed by atoms with Gasteiger partial charge < -0.3 is 20.4 Å². The van der Waals surface area contributed by atoms with E-state index in [0.717, 1.165) is 31.6 Å². The molecule has 25 heavy (non-hydrogen) atoms. The molecule has 0 amide bonds. The molecule has 1 saturated carbocycles. The Hall–Kier alpha value is -0.810. The molecule has 1 saturated heterocycles. The van der Waals surface area contributed by atoms with Gasteiger partial charge in [-0.15, -0.1) is 0 Å². The second kappa shape index (κ2) is 11.7. The fraction of sp³-hybridized carbons (Fsp3) is 0.950. The molecule has 1 aliphatic heterocycles. The Kier molecular flexibility index (Phi) is 9.63. The van der Waals surface area contributed by atoms with Crippen LogP contribution in [0, 0.1) is 0 Å². The molecule has 2 N–H and O–H groups in total. The summed E-state index contributed by atoms with van der Waals surface area (Å²) in [6.45, 7) is 10.9. The normalized spacial score (nSPS) is 21.2. The highest BCUT2D eigenvalue weighted by Gasteiger charge is 2.27. The van der Waals surface area contributed by atoms with Crippen molar-refractivity contribution in [2.45, 2.75) is 77.3 Å². The molecule has 0 spiro atoms. The summed E-state index contributed by atoms with van der Waals surface area (Å²) in [6, 6.07) is 1.45. The first-order chi connectivity index (χ1) is 12.2. The van der Waals surface area contributed by atoms with E-state index in [1.165, 1.54) is 71.0 Å². The molecule has 0 aromatic carbocycles. The zero-order chi connectivity index (χ0) is 17.9. The summed E-state index contributed by atoms with van der Waals surface area (Å²) >= 11 is 0. The average Bonchev–Trinajstić information content (AvgIpc) is 3.15. The van der Waals surface area contributed by atoms with Crippen LogP contribution in [0.2, 0.25) is 0 Å². The molecule has 1 heterocycles.